The SMILES string of the molecule is c1ccc(-c2cccc(-c3cc(-c4cccc(-c5ccccc5)c4)nc(-c4ccc(-c5cc6ccccc6c6c5-c5ccccc5C65c6ccccc6-c6ccccc65)cc4)n3)c2)cc1. The third kappa shape index (κ3) is 5.81. The van der Waals surface area contributed by atoms with E-state index in [-0.39, 0.29) is 0 Å². The molecular formula is C63H40N2. The van der Waals surface area contributed by atoms with Gasteiger partial charge in [0.1, 0.15) is 0 Å². The molecule has 2 heteroatoms. The van der Waals surface area contributed by atoms with Crippen LogP contribution in [-0.2, 0) is 5.41 Å². The fourth-order valence-corrected chi connectivity index (χ4v) is 10.9. The van der Waals surface area contributed by atoms with Crippen LogP contribution in [0.15, 0.2) is 243 Å². The molecule has 0 radical (unpaired) electrons. The van der Waals surface area contributed by atoms with Crippen molar-refractivity contribution in [1.82, 2.24) is 9.97 Å². The average Bonchev–Trinajstić information content (AvgIpc) is 3.87. The number of nitrogens with zero attached hydrogens (tertiary/aromatic N) is 2. The summed E-state index contributed by atoms with van der Waals surface area (Å²) in [6, 6.07) is 88.1. The summed E-state index contributed by atoms with van der Waals surface area (Å²) in [6.45, 7) is 0. The molecule has 2 aliphatic carbocycles. The standard InChI is InChI=1S/C63H40N2/c1-3-17-41(18-4-1)45-22-15-24-48(37-45)58-40-59(49-25-16-23-46(38-49)42-19-5-2-6-20-42)65-62(64-58)44-35-33-43(34-36-44)54-39-47-21-7-8-26-50(47)61-60(54)53-29-11-14-32-57(53)63(61)55-30-12-9-27-51(55)52-28-10-13-31-56(52)63/h1-40H. The molecule has 1 spiro atoms. The van der Waals surface area contributed by atoms with Crippen LogP contribution in [0.25, 0.3) is 100 Å². The fourth-order valence-electron chi connectivity index (χ4n) is 10.9. The van der Waals surface area contributed by atoms with Gasteiger partial charge in [0.15, 0.2) is 5.82 Å². The lowest BCUT2D eigenvalue weighted by Crippen LogP contribution is -2.26. The van der Waals surface area contributed by atoms with Gasteiger partial charge in [0, 0.05) is 16.7 Å². The first-order chi connectivity index (χ1) is 32.2. The summed E-state index contributed by atoms with van der Waals surface area (Å²) < 4.78 is 0. The Hall–Kier alpha value is -8.46. The van der Waals surface area contributed by atoms with Crippen LogP contribution in [0.2, 0.25) is 0 Å². The lowest BCUT2D eigenvalue weighted by Gasteiger charge is -2.31. The summed E-state index contributed by atoms with van der Waals surface area (Å²) in [5.41, 5.74) is 22.0. The second kappa shape index (κ2) is 14.8. The van der Waals surface area contributed by atoms with Crippen LogP contribution in [-0.4, -0.2) is 9.97 Å². The van der Waals surface area contributed by atoms with Crippen molar-refractivity contribution in [3.05, 3.63) is 265 Å². The topological polar surface area (TPSA) is 25.8 Å². The monoisotopic (exact) mass is 824 g/mol. The molecule has 0 aliphatic heterocycles. The molecule has 0 saturated heterocycles. The molecule has 1 aromatic heterocycles. The molecule has 0 atom stereocenters. The van der Waals surface area contributed by atoms with Gasteiger partial charge in [0.25, 0.3) is 0 Å². The summed E-state index contributed by atoms with van der Waals surface area (Å²) >= 11 is 0. The molecule has 0 N–H and O–H groups in total. The van der Waals surface area contributed by atoms with E-state index in [9.17, 15) is 0 Å². The fraction of sp³-hybridized carbons (Fsp3) is 0.0159. The van der Waals surface area contributed by atoms with Crippen molar-refractivity contribution in [2.45, 2.75) is 5.41 Å². The minimum Gasteiger partial charge on any atom is -0.228 e. The van der Waals surface area contributed by atoms with Crippen LogP contribution in [0.4, 0.5) is 0 Å². The van der Waals surface area contributed by atoms with Gasteiger partial charge in [0.05, 0.1) is 16.8 Å². The number of aromatic nitrogens is 2. The molecule has 65 heavy (non-hydrogen) atoms. The zero-order valence-electron chi connectivity index (χ0n) is 35.5. The smallest absolute Gasteiger partial charge is 0.160 e. The first-order valence-corrected chi connectivity index (χ1v) is 22.4. The van der Waals surface area contributed by atoms with Crippen molar-refractivity contribution in [3.63, 3.8) is 0 Å². The van der Waals surface area contributed by atoms with Crippen molar-refractivity contribution < 1.29 is 0 Å². The molecule has 1 heterocycles. The van der Waals surface area contributed by atoms with E-state index in [0.29, 0.717) is 5.82 Å². The maximum Gasteiger partial charge on any atom is 0.160 e. The Balaban J connectivity index is 0.988. The quantitative estimate of drug-likeness (QED) is 0.167. The molecule has 0 saturated carbocycles. The highest BCUT2D eigenvalue weighted by molar-refractivity contribution is 6.09. The van der Waals surface area contributed by atoms with Gasteiger partial charge in [0.2, 0.25) is 0 Å². The molecule has 0 bridgehead atoms. The zero-order valence-corrected chi connectivity index (χ0v) is 35.5. The summed E-state index contributed by atoms with van der Waals surface area (Å²) in [7, 11) is 0. The molecule has 2 nitrogen and oxygen atoms in total. The normalized spacial score (nSPS) is 12.7. The molecule has 0 unspecified atom stereocenters. The van der Waals surface area contributed by atoms with Crippen LogP contribution >= 0.6 is 0 Å². The second-order valence-electron chi connectivity index (χ2n) is 17.2. The average molecular weight is 825 g/mol. The summed E-state index contributed by atoms with van der Waals surface area (Å²) in [5, 5.41) is 2.52. The van der Waals surface area contributed by atoms with Crippen LogP contribution in [0.3, 0.4) is 0 Å². The molecule has 10 aromatic carbocycles. The molecule has 13 rings (SSSR count). The van der Waals surface area contributed by atoms with E-state index in [1.165, 1.54) is 72.0 Å². The minimum absolute atomic E-state index is 0.449. The van der Waals surface area contributed by atoms with Crippen molar-refractivity contribution >= 4 is 10.8 Å². The summed E-state index contributed by atoms with van der Waals surface area (Å²) in [6.07, 6.45) is 0. The Morgan fingerprint density at radius 2 is 0.723 bits per heavy atom. The van der Waals surface area contributed by atoms with Gasteiger partial charge in [-0.15, -0.1) is 0 Å². The highest BCUT2D eigenvalue weighted by Gasteiger charge is 2.52. The maximum absolute atomic E-state index is 5.33. The third-order valence-corrected chi connectivity index (χ3v) is 13.7. The van der Waals surface area contributed by atoms with Gasteiger partial charge in [-0.3, -0.25) is 0 Å². The lowest BCUT2D eigenvalue weighted by molar-refractivity contribution is 0.801. The predicted octanol–water partition coefficient (Wildman–Crippen LogP) is 16.0. The molecule has 2 aliphatic rings. The number of rotatable bonds is 6. The lowest BCUT2D eigenvalue weighted by atomic mass is 9.69. The molecular weight excluding hydrogens is 785 g/mol. The number of fused-ring (bicyclic) bond motifs is 12. The summed E-state index contributed by atoms with van der Waals surface area (Å²) in [4.78, 5) is 10.7. The highest BCUT2D eigenvalue weighted by Crippen LogP contribution is 2.65. The second-order valence-corrected chi connectivity index (χ2v) is 17.2. The Morgan fingerprint density at radius 1 is 0.277 bits per heavy atom. The van der Waals surface area contributed by atoms with Crippen LogP contribution in [0.5, 0.6) is 0 Å². The van der Waals surface area contributed by atoms with Gasteiger partial charge < -0.3 is 0 Å². The molecule has 0 fully saturated rings. The van der Waals surface area contributed by atoms with E-state index in [1.807, 2.05) is 0 Å². The minimum atomic E-state index is -0.449. The Kier molecular flexibility index (Phi) is 8.47. The van der Waals surface area contributed by atoms with E-state index in [1.54, 1.807) is 0 Å². The van der Waals surface area contributed by atoms with Gasteiger partial charge in [-0.1, -0.05) is 218 Å². The van der Waals surface area contributed by atoms with E-state index in [2.05, 4.69) is 243 Å². The van der Waals surface area contributed by atoms with Gasteiger partial charge in [-0.25, -0.2) is 9.97 Å². The highest BCUT2D eigenvalue weighted by atomic mass is 14.9. The number of benzene rings is 10. The van der Waals surface area contributed by atoms with Gasteiger partial charge in [-0.05, 0) is 113 Å². The van der Waals surface area contributed by atoms with Crippen molar-refractivity contribution in [3.8, 4) is 89.5 Å². The van der Waals surface area contributed by atoms with E-state index in [0.717, 1.165) is 44.8 Å². The summed E-state index contributed by atoms with van der Waals surface area (Å²) in [5.74, 6) is 0.687. The van der Waals surface area contributed by atoms with Gasteiger partial charge >= 0.3 is 0 Å². The van der Waals surface area contributed by atoms with Crippen molar-refractivity contribution in [1.29, 1.82) is 0 Å². The van der Waals surface area contributed by atoms with Crippen LogP contribution in [0.1, 0.15) is 22.3 Å². The molecule has 11 aromatic rings. The van der Waals surface area contributed by atoms with E-state index >= 15 is 0 Å². The van der Waals surface area contributed by atoms with Crippen LogP contribution < -0.4 is 0 Å². The molecule has 302 valence electrons. The first kappa shape index (κ1) is 37.1. The van der Waals surface area contributed by atoms with E-state index < -0.39 is 5.41 Å². The van der Waals surface area contributed by atoms with E-state index in [4.69, 9.17) is 9.97 Å². The first-order valence-electron chi connectivity index (χ1n) is 22.4. The van der Waals surface area contributed by atoms with Crippen molar-refractivity contribution in [2.24, 2.45) is 0 Å². The van der Waals surface area contributed by atoms with Gasteiger partial charge in [-0.2, -0.15) is 0 Å². The zero-order chi connectivity index (χ0) is 42.9. The van der Waals surface area contributed by atoms with Crippen molar-refractivity contribution in [2.75, 3.05) is 0 Å². The Morgan fingerprint density at radius 3 is 1.31 bits per heavy atom. The van der Waals surface area contributed by atoms with Crippen LogP contribution in [0, 0.1) is 0 Å². The Labute approximate surface area is 378 Å². The maximum atomic E-state index is 5.33. The molecule has 0 amide bonds. The number of hydrogen-bond acceptors (Lipinski definition) is 2. The number of hydrogen-bond donors (Lipinski definition) is 0. The Bertz CT molecular complexity index is 3500. The predicted molar refractivity (Wildman–Crippen MR) is 268 cm³/mol. The third-order valence-electron chi connectivity index (χ3n) is 13.7. The largest absolute Gasteiger partial charge is 0.228 e.